The maximum atomic E-state index is 12.7. The van der Waals surface area contributed by atoms with Gasteiger partial charge in [-0.25, -0.2) is 9.59 Å². The lowest BCUT2D eigenvalue weighted by molar-refractivity contribution is -0.149. The molecule has 2 rings (SSSR count). The largest absolute Gasteiger partial charge is 0.464 e. The van der Waals surface area contributed by atoms with Crippen LogP contribution in [-0.4, -0.2) is 66.3 Å². The Balaban J connectivity index is 2.21. The highest BCUT2D eigenvalue weighted by Gasteiger charge is 2.61. The average molecular weight is 367 g/mol. The molecule has 0 radical (unpaired) electrons. The number of carbonyl (C=O) groups excluding carboxylic acids is 3. The second kappa shape index (κ2) is 9.02. The van der Waals surface area contributed by atoms with Crippen LogP contribution in [0.15, 0.2) is 12.2 Å². The summed E-state index contributed by atoms with van der Waals surface area (Å²) in [6, 6.07) is -1.28. The van der Waals surface area contributed by atoms with Gasteiger partial charge in [0.05, 0.1) is 6.61 Å². The van der Waals surface area contributed by atoms with Gasteiger partial charge >= 0.3 is 12.0 Å². The van der Waals surface area contributed by atoms with Gasteiger partial charge in [0.2, 0.25) is 5.91 Å². The molecule has 3 N–H and O–H groups in total. The Kier molecular flexibility index (Phi) is 7.02. The number of nitrogens with one attached hydrogen (secondary N) is 2. The van der Waals surface area contributed by atoms with Crippen molar-refractivity contribution in [3.05, 3.63) is 12.2 Å². The van der Waals surface area contributed by atoms with Gasteiger partial charge in [0.15, 0.2) is 0 Å². The van der Waals surface area contributed by atoms with Crippen molar-refractivity contribution in [2.24, 2.45) is 5.92 Å². The molecule has 1 aliphatic carbocycles. The molecule has 1 heterocycles. The predicted octanol–water partition coefficient (Wildman–Crippen LogP) is 0.557. The molecule has 8 nitrogen and oxygen atoms in total. The number of hydrogen-bond acceptors (Lipinski definition) is 5. The van der Waals surface area contributed by atoms with E-state index in [2.05, 4.69) is 10.6 Å². The topological polar surface area (TPSA) is 108 Å². The summed E-state index contributed by atoms with van der Waals surface area (Å²) in [6.45, 7) is 2.28. The van der Waals surface area contributed by atoms with Crippen LogP contribution in [0.5, 0.6) is 0 Å². The normalized spacial score (nSPS) is 31.1. The molecule has 8 heteroatoms. The van der Waals surface area contributed by atoms with E-state index in [0.29, 0.717) is 13.0 Å². The predicted molar refractivity (Wildman–Crippen MR) is 95.3 cm³/mol. The van der Waals surface area contributed by atoms with Crippen LogP contribution < -0.4 is 10.6 Å². The van der Waals surface area contributed by atoms with E-state index in [0.717, 1.165) is 19.3 Å². The zero-order valence-electron chi connectivity index (χ0n) is 15.5. The molecule has 2 aliphatic rings. The van der Waals surface area contributed by atoms with Crippen molar-refractivity contribution in [3.8, 4) is 0 Å². The summed E-state index contributed by atoms with van der Waals surface area (Å²) in [5.41, 5.74) is -1.07. The first-order valence-electron chi connectivity index (χ1n) is 9.23. The highest BCUT2D eigenvalue weighted by atomic mass is 16.5. The quantitative estimate of drug-likeness (QED) is 0.497. The van der Waals surface area contributed by atoms with Crippen LogP contribution in [0.4, 0.5) is 4.79 Å². The van der Waals surface area contributed by atoms with Crippen LogP contribution >= 0.6 is 0 Å². The SMILES string of the molecule is CCOC(=O)[C@@]12C[C@H]1/C=C\CCCCN(C)C(=O)N[C@@H](CCO)C(=O)N2. The molecule has 0 unspecified atom stereocenters. The Morgan fingerprint density at radius 3 is 2.88 bits per heavy atom. The van der Waals surface area contributed by atoms with Crippen molar-refractivity contribution >= 4 is 17.9 Å². The van der Waals surface area contributed by atoms with Crippen molar-refractivity contribution in [2.45, 2.75) is 50.6 Å². The Bertz CT molecular complexity index is 565. The van der Waals surface area contributed by atoms with Gasteiger partial charge in [-0.05, 0) is 39.0 Å². The highest BCUT2D eigenvalue weighted by molar-refractivity contribution is 5.95. The Morgan fingerprint density at radius 2 is 2.19 bits per heavy atom. The number of fused-ring (bicyclic) bond motifs is 1. The molecule has 146 valence electrons. The molecule has 3 atom stereocenters. The van der Waals surface area contributed by atoms with Gasteiger partial charge in [-0.3, -0.25) is 4.79 Å². The number of rotatable bonds is 4. The van der Waals surface area contributed by atoms with E-state index >= 15 is 0 Å². The van der Waals surface area contributed by atoms with Crippen LogP contribution in [0, 0.1) is 5.92 Å². The summed E-state index contributed by atoms with van der Waals surface area (Å²) in [5, 5.41) is 14.7. The van der Waals surface area contributed by atoms with Crippen molar-refractivity contribution in [3.63, 3.8) is 0 Å². The molecular weight excluding hydrogens is 338 g/mol. The third kappa shape index (κ3) is 4.75. The summed E-state index contributed by atoms with van der Waals surface area (Å²) in [7, 11) is 1.67. The third-order valence-electron chi connectivity index (χ3n) is 4.86. The number of hydrogen-bond donors (Lipinski definition) is 3. The summed E-state index contributed by atoms with van der Waals surface area (Å²) in [6.07, 6.45) is 7.17. The minimum absolute atomic E-state index is 0.0742. The smallest absolute Gasteiger partial charge is 0.332 e. The molecule has 1 aliphatic heterocycles. The first kappa shape index (κ1) is 20.2. The summed E-state index contributed by atoms with van der Waals surface area (Å²) in [4.78, 5) is 38.9. The zero-order chi connectivity index (χ0) is 19.2. The second-order valence-corrected chi connectivity index (χ2v) is 6.85. The number of carbonyl (C=O) groups is 3. The van der Waals surface area contributed by atoms with Crippen molar-refractivity contribution < 1.29 is 24.2 Å². The van der Waals surface area contributed by atoms with Crippen LogP contribution in [0.25, 0.3) is 0 Å². The fraction of sp³-hybridized carbons (Fsp3) is 0.722. The second-order valence-electron chi connectivity index (χ2n) is 6.85. The van der Waals surface area contributed by atoms with E-state index in [4.69, 9.17) is 4.74 Å². The lowest BCUT2D eigenvalue weighted by atomic mass is 10.1. The molecule has 26 heavy (non-hydrogen) atoms. The van der Waals surface area contributed by atoms with E-state index in [1.54, 1.807) is 14.0 Å². The molecule has 0 aromatic heterocycles. The molecular formula is C18H29N3O5. The van der Waals surface area contributed by atoms with Crippen LogP contribution in [0.3, 0.4) is 0 Å². The molecule has 0 spiro atoms. The van der Waals surface area contributed by atoms with Crippen LogP contribution in [-0.2, 0) is 14.3 Å². The Morgan fingerprint density at radius 1 is 1.42 bits per heavy atom. The highest BCUT2D eigenvalue weighted by Crippen LogP contribution is 2.46. The summed E-state index contributed by atoms with van der Waals surface area (Å²) in [5.74, 6) is -1.05. The molecule has 0 aromatic rings. The fourth-order valence-corrected chi connectivity index (χ4v) is 3.15. The van der Waals surface area contributed by atoms with Crippen molar-refractivity contribution in [1.82, 2.24) is 15.5 Å². The molecule has 1 saturated carbocycles. The number of allylic oxidation sites excluding steroid dienone is 1. The lowest BCUT2D eigenvalue weighted by Gasteiger charge is -2.25. The van der Waals surface area contributed by atoms with Gasteiger partial charge in [0.1, 0.15) is 11.6 Å². The summed E-state index contributed by atoms with van der Waals surface area (Å²) >= 11 is 0. The number of esters is 1. The molecule has 3 amide bonds. The van der Waals surface area contributed by atoms with Gasteiger partial charge in [-0.1, -0.05) is 12.2 Å². The van der Waals surface area contributed by atoms with Gasteiger partial charge in [-0.2, -0.15) is 0 Å². The average Bonchev–Trinajstić information content (AvgIpc) is 3.30. The standard InChI is InChI=1S/C18H29N3O5/c1-3-26-16(24)18-12-13(18)8-6-4-5-7-10-21(2)17(25)19-14(9-11-22)15(23)20-18/h6,8,13-14,22H,3-5,7,9-12H2,1-2H3,(H,19,25)(H,20,23)/b8-6-/t13-,14+,18-/m1/s1. The third-order valence-corrected chi connectivity index (χ3v) is 4.86. The van der Waals surface area contributed by atoms with E-state index in [9.17, 15) is 19.5 Å². The Hall–Kier alpha value is -2.09. The van der Waals surface area contributed by atoms with Crippen LogP contribution in [0.1, 0.15) is 39.0 Å². The first-order chi connectivity index (χ1) is 12.4. The van der Waals surface area contributed by atoms with Crippen molar-refractivity contribution in [1.29, 1.82) is 0 Å². The Labute approximate surface area is 153 Å². The number of aliphatic hydroxyl groups is 1. The maximum absolute atomic E-state index is 12.7. The molecule has 0 saturated heterocycles. The van der Waals surface area contributed by atoms with E-state index in [1.165, 1.54) is 4.90 Å². The minimum atomic E-state index is -1.07. The number of aliphatic hydroxyl groups excluding tert-OH is 1. The number of ether oxygens (including phenoxy) is 1. The van der Waals surface area contributed by atoms with Gasteiger partial charge in [-0.15, -0.1) is 0 Å². The minimum Gasteiger partial charge on any atom is -0.464 e. The van der Waals surface area contributed by atoms with E-state index in [-0.39, 0.29) is 31.6 Å². The fourth-order valence-electron chi connectivity index (χ4n) is 3.15. The van der Waals surface area contributed by atoms with Gasteiger partial charge < -0.3 is 25.4 Å². The maximum Gasteiger partial charge on any atom is 0.332 e. The summed E-state index contributed by atoms with van der Waals surface area (Å²) < 4.78 is 5.14. The van der Waals surface area contributed by atoms with Gasteiger partial charge in [0, 0.05) is 26.1 Å². The lowest BCUT2D eigenvalue weighted by Crippen LogP contribution is -2.55. The number of amides is 3. The molecule has 0 aromatic carbocycles. The number of urea groups is 1. The van der Waals surface area contributed by atoms with E-state index < -0.39 is 23.5 Å². The van der Waals surface area contributed by atoms with E-state index in [1.807, 2.05) is 12.2 Å². The molecule has 0 bridgehead atoms. The zero-order valence-corrected chi connectivity index (χ0v) is 15.5. The monoisotopic (exact) mass is 367 g/mol. The number of nitrogens with zero attached hydrogens (tertiary/aromatic N) is 1. The van der Waals surface area contributed by atoms with Gasteiger partial charge in [0.25, 0.3) is 0 Å². The first-order valence-corrected chi connectivity index (χ1v) is 9.23. The van der Waals surface area contributed by atoms with Crippen LogP contribution in [0.2, 0.25) is 0 Å². The van der Waals surface area contributed by atoms with Crippen molar-refractivity contribution in [2.75, 3.05) is 26.8 Å². The molecule has 1 fully saturated rings.